The van der Waals surface area contributed by atoms with Gasteiger partial charge in [-0.2, -0.15) is 0 Å². The molecule has 0 aliphatic carbocycles. The molecule has 0 aromatic heterocycles. The minimum atomic E-state index is -0.0429. The Kier molecular flexibility index (Phi) is 3.30. The number of rotatable bonds is 1. The molecule has 2 N–H and O–H groups in total. The van der Waals surface area contributed by atoms with Crippen LogP contribution in [0.5, 0.6) is 5.75 Å². The van der Waals surface area contributed by atoms with E-state index >= 15 is 0 Å². The van der Waals surface area contributed by atoms with Crippen LogP contribution in [0.3, 0.4) is 0 Å². The molecule has 4 heteroatoms. The average Bonchev–Trinajstić information content (AvgIpc) is 2.27. The predicted molar refractivity (Wildman–Crippen MR) is 70.8 cm³/mol. The molecule has 1 heterocycles. The number of piperazine rings is 1. The first kappa shape index (κ1) is 12.9. The molecule has 1 saturated heterocycles. The predicted octanol–water partition coefficient (Wildman–Crippen LogP) is 1.52. The summed E-state index contributed by atoms with van der Waals surface area (Å²) in [5.74, 6) is 0.242. The molecule has 1 aromatic rings. The van der Waals surface area contributed by atoms with Crippen LogP contribution < -0.4 is 5.32 Å². The third-order valence-electron chi connectivity index (χ3n) is 3.30. The molecule has 0 unspecified atom stereocenters. The van der Waals surface area contributed by atoms with Gasteiger partial charge in [-0.05, 0) is 44.5 Å². The second-order valence-electron chi connectivity index (χ2n) is 5.54. The van der Waals surface area contributed by atoms with Crippen molar-refractivity contribution in [1.82, 2.24) is 10.2 Å². The van der Waals surface area contributed by atoms with E-state index in [1.807, 2.05) is 11.8 Å². The number of carbonyl (C=O) groups is 1. The zero-order valence-corrected chi connectivity index (χ0v) is 11.2. The summed E-state index contributed by atoms with van der Waals surface area (Å²) in [6.45, 7) is 8.27. The van der Waals surface area contributed by atoms with E-state index in [1.165, 1.54) is 0 Å². The summed E-state index contributed by atoms with van der Waals surface area (Å²) in [7, 11) is 0. The first-order valence-electron chi connectivity index (χ1n) is 6.23. The summed E-state index contributed by atoms with van der Waals surface area (Å²) in [5, 5.41) is 12.8. The zero-order valence-electron chi connectivity index (χ0n) is 11.2. The van der Waals surface area contributed by atoms with E-state index < -0.39 is 0 Å². The Morgan fingerprint density at radius 1 is 1.44 bits per heavy atom. The van der Waals surface area contributed by atoms with Crippen LogP contribution in [-0.2, 0) is 0 Å². The fourth-order valence-corrected chi connectivity index (χ4v) is 2.37. The maximum Gasteiger partial charge on any atom is 0.254 e. The summed E-state index contributed by atoms with van der Waals surface area (Å²) < 4.78 is 0. The van der Waals surface area contributed by atoms with E-state index in [0.717, 1.165) is 18.7 Å². The third-order valence-corrected chi connectivity index (χ3v) is 3.30. The molecule has 0 atom stereocenters. The maximum absolute atomic E-state index is 12.4. The van der Waals surface area contributed by atoms with E-state index in [4.69, 9.17) is 0 Å². The van der Waals surface area contributed by atoms with Crippen LogP contribution in [0.1, 0.15) is 29.8 Å². The van der Waals surface area contributed by atoms with Crippen molar-refractivity contribution in [3.05, 3.63) is 29.3 Å². The molecule has 0 bridgehead atoms. The van der Waals surface area contributed by atoms with Gasteiger partial charge in [-0.25, -0.2) is 0 Å². The highest BCUT2D eigenvalue weighted by molar-refractivity contribution is 5.96. The molecule has 98 valence electrons. The normalized spacial score (nSPS) is 18.7. The fourth-order valence-electron chi connectivity index (χ4n) is 2.37. The molecular weight excluding hydrogens is 228 g/mol. The molecule has 18 heavy (non-hydrogen) atoms. The number of hydrogen-bond acceptors (Lipinski definition) is 3. The van der Waals surface area contributed by atoms with Crippen molar-refractivity contribution >= 4 is 5.91 Å². The highest BCUT2D eigenvalue weighted by Gasteiger charge is 2.29. The van der Waals surface area contributed by atoms with Gasteiger partial charge in [0.25, 0.3) is 5.91 Å². The number of aryl methyl sites for hydroxylation is 1. The first-order valence-corrected chi connectivity index (χ1v) is 6.23. The third kappa shape index (κ3) is 2.64. The van der Waals surface area contributed by atoms with Gasteiger partial charge in [0.05, 0.1) is 0 Å². The second kappa shape index (κ2) is 4.61. The van der Waals surface area contributed by atoms with Gasteiger partial charge in [0.15, 0.2) is 0 Å². The van der Waals surface area contributed by atoms with Crippen molar-refractivity contribution in [1.29, 1.82) is 0 Å². The zero-order chi connectivity index (χ0) is 13.3. The number of carbonyl (C=O) groups excluding carboxylic acids is 1. The lowest BCUT2D eigenvalue weighted by Crippen LogP contribution is -2.58. The van der Waals surface area contributed by atoms with E-state index in [-0.39, 0.29) is 17.2 Å². The largest absolute Gasteiger partial charge is 0.508 e. The van der Waals surface area contributed by atoms with Crippen LogP contribution in [0.15, 0.2) is 18.2 Å². The lowest BCUT2D eigenvalue weighted by molar-refractivity contribution is 0.0651. The number of aromatic hydroxyl groups is 1. The van der Waals surface area contributed by atoms with Gasteiger partial charge in [0.1, 0.15) is 5.75 Å². The van der Waals surface area contributed by atoms with Crippen LogP contribution in [0.4, 0.5) is 0 Å². The summed E-state index contributed by atoms with van der Waals surface area (Å²) in [6, 6.07) is 4.89. The van der Waals surface area contributed by atoms with Crippen molar-refractivity contribution in [3.63, 3.8) is 0 Å². The van der Waals surface area contributed by atoms with Gasteiger partial charge in [-0.1, -0.05) is 0 Å². The quantitative estimate of drug-likeness (QED) is 0.792. The fraction of sp³-hybridized carbons (Fsp3) is 0.500. The molecular formula is C14H20N2O2. The Hall–Kier alpha value is -1.55. The van der Waals surface area contributed by atoms with E-state index in [0.29, 0.717) is 12.1 Å². The molecule has 1 aromatic carbocycles. The van der Waals surface area contributed by atoms with E-state index in [9.17, 15) is 9.90 Å². The van der Waals surface area contributed by atoms with Gasteiger partial charge in [0, 0.05) is 30.7 Å². The highest BCUT2D eigenvalue weighted by atomic mass is 16.3. The summed E-state index contributed by atoms with van der Waals surface area (Å²) in [5.41, 5.74) is 1.44. The molecule has 0 radical (unpaired) electrons. The van der Waals surface area contributed by atoms with Crippen molar-refractivity contribution in [2.45, 2.75) is 26.3 Å². The lowest BCUT2D eigenvalue weighted by atomic mass is 10.0. The molecule has 0 spiro atoms. The molecule has 4 nitrogen and oxygen atoms in total. The summed E-state index contributed by atoms with van der Waals surface area (Å²) in [6.07, 6.45) is 0. The van der Waals surface area contributed by atoms with Crippen LogP contribution in [0.2, 0.25) is 0 Å². The molecule has 1 fully saturated rings. The number of phenols is 1. The number of nitrogens with zero attached hydrogens (tertiary/aromatic N) is 1. The van der Waals surface area contributed by atoms with Crippen LogP contribution in [-0.4, -0.2) is 41.1 Å². The van der Waals surface area contributed by atoms with Crippen molar-refractivity contribution in [3.8, 4) is 5.75 Å². The van der Waals surface area contributed by atoms with Gasteiger partial charge >= 0.3 is 0 Å². The van der Waals surface area contributed by atoms with Crippen molar-refractivity contribution < 1.29 is 9.90 Å². The minimum Gasteiger partial charge on any atom is -0.508 e. The SMILES string of the molecule is Cc1cc(O)ccc1C(=O)N1CCNC(C)(C)C1. The monoisotopic (exact) mass is 248 g/mol. The average molecular weight is 248 g/mol. The second-order valence-corrected chi connectivity index (χ2v) is 5.54. The van der Waals surface area contributed by atoms with Gasteiger partial charge in [-0.15, -0.1) is 0 Å². The molecule has 1 amide bonds. The maximum atomic E-state index is 12.4. The summed E-state index contributed by atoms with van der Waals surface area (Å²) in [4.78, 5) is 14.3. The van der Waals surface area contributed by atoms with E-state index in [2.05, 4.69) is 19.2 Å². The Morgan fingerprint density at radius 2 is 2.17 bits per heavy atom. The van der Waals surface area contributed by atoms with Crippen molar-refractivity contribution in [2.24, 2.45) is 0 Å². The van der Waals surface area contributed by atoms with Crippen LogP contribution >= 0.6 is 0 Å². The topological polar surface area (TPSA) is 52.6 Å². The Labute approximate surface area is 108 Å². The van der Waals surface area contributed by atoms with Gasteiger partial charge in [0.2, 0.25) is 0 Å². The highest BCUT2D eigenvalue weighted by Crippen LogP contribution is 2.19. The number of phenolic OH excluding ortho intramolecular Hbond substituents is 1. The number of nitrogens with one attached hydrogen (secondary N) is 1. The smallest absolute Gasteiger partial charge is 0.254 e. The summed E-state index contributed by atoms with van der Waals surface area (Å²) >= 11 is 0. The number of benzene rings is 1. The minimum absolute atomic E-state index is 0.0429. The van der Waals surface area contributed by atoms with Gasteiger partial charge < -0.3 is 15.3 Å². The van der Waals surface area contributed by atoms with Crippen LogP contribution in [0, 0.1) is 6.92 Å². The Morgan fingerprint density at radius 3 is 2.78 bits per heavy atom. The Balaban J connectivity index is 2.20. The molecule has 1 aliphatic rings. The molecule has 1 aliphatic heterocycles. The lowest BCUT2D eigenvalue weighted by Gasteiger charge is -2.39. The van der Waals surface area contributed by atoms with Crippen molar-refractivity contribution in [2.75, 3.05) is 19.6 Å². The molecule has 0 saturated carbocycles. The number of hydrogen-bond donors (Lipinski definition) is 2. The Bertz CT molecular complexity index is 469. The molecule has 2 rings (SSSR count). The first-order chi connectivity index (χ1) is 8.39. The number of amides is 1. The standard InChI is InChI=1S/C14H20N2O2/c1-10-8-11(17)4-5-12(10)13(18)16-7-6-15-14(2,3)9-16/h4-5,8,15,17H,6-7,9H2,1-3H3. The van der Waals surface area contributed by atoms with Gasteiger partial charge in [-0.3, -0.25) is 4.79 Å². The van der Waals surface area contributed by atoms with E-state index in [1.54, 1.807) is 18.2 Å². The van der Waals surface area contributed by atoms with Crippen LogP contribution in [0.25, 0.3) is 0 Å².